The summed E-state index contributed by atoms with van der Waals surface area (Å²) in [6.45, 7) is 2.45. The van der Waals surface area contributed by atoms with Gasteiger partial charge in [0.2, 0.25) is 5.91 Å². The van der Waals surface area contributed by atoms with Crippen molar-refractivity contribution in [3.05, 3.63) is 34.1 Å². The summed E-state index contributed by atoms with van der Waals surface area (Å²) in [4.78, 5) is 30.2. The van der Waals surface area contributed by atoms with Gasteiger partial charge < -0.3 is 29.4 Å². The smallest absolute Gasteiger partial charge is 0.453 e. The molecular formula is C20H26N6O5. The van der Waals surface area contributed by atoms with Crippen LogP contribution >= 0.6 is 0 Å². The molecule has 11 nitrogen and oxygen atoms in total. The number of H-pyrrole nitrogens is 1. The number of rotatable bonds is 7. The second kappa shape index (κ2) is 9.19. The Balaban J connectivity index is 1.35. The Labute approximate surface area is 179 Å². The van der Waals surface area contributed by atoms with Crippen LogP contribution in [-0.4, -0.2) is 70.3 Å². The first-order valence-corrected chi connectivity index (χ1v) is 10.5. The van der Waals surface area contributed by atoms with Crippen molar-refractivity contribution in [2.45, 2.75) is 38.2 Å². The van der Waals surface area contributed by atoms with Crippen LogP contribution in [0.25, 0.3) is 0 Å². The predicted molar refractivity (Wildman–Crippen MR) is 111 cm³/mol. The van der Waals surface area contributed by atoms with Gasteiger partial charge in [0.1, 0.15) is 6.42 Å². The molecule has 0 bridgehead atoms. The van der Waals surface area contributed by atoms with Gasteiger partial charge in [0.05, 0.1) is 13.2 Å². The Morgan fingerprint density at radius 2 is 1.97 bits per heavy atom. The number of hydrogen-bond acceptors (Lipinski definition) is 8. The summed E-state index contributed by atoms with van der Waals surface area (Å²) < 4.78 is 11.7. The van der Waals surface area contributed by atoms with E-state index in [1.807, 2.05) is 18.2 Å². The lowest BCUT2D eigenvalue weighted by Crippen LogP contribution is -2.49. The number of methoxy groups -OCH3 is 1. The third-order valence-electron chi connectivity index (χ3n) is 5.74. The van der Waals surface area contributed by atoms with Crippen molar-refractivity contribution < 1.29 is 19.2 Å². The number of aromatic amines is 1. The molecule has 4 rings (SSSR count). The van der Waals surface area contributed by atoms with Gasteiger partial charge >= 0.3 is 5.95 Å². The number of aromatic nitrogens is 3. The first-order chi connectivity index (χ1) is 15.0. The third-order valence-corrected chi connectivity index (χ3v) is 5.74. The highest BCUT2D eigenvalue weighted by Crippen LogP contribution is 2.35. The highest BCUT2D eigenvalue weighted by Gasteiger charge is 2.25. The fourth-order valence-corrected chi connectivity index (χ4v) is 4.05. The standard InChI is InChI=1S/C20H26N6O5/c1-30-16-7-6-14(12-17(16)31-15-4-2-3-5-15)24-8-10-25(11-9-24)19(27)13-18-21-20(23-22-18)26(28)29/h6-7,12,15H,2-5,8-11,13H2,1H3,(H,21,22,23). The van der Waals surface area contributed by atoms with Gasteiger partial charge in [0.25, 0.3) is 5.82 Å². The normalized spacial score (nSPS) is 17.1. The van der Waals surface area contributed by atoms with Crippen molar-refractivity contribution in [2.75, 3.05) is 38.2 Å². The van der Waals surface area contributed by atoms with E-state index >= 15 is 0 Å². The monoisotopic (exact) mass is 430 g/mol. The number of benzene rings is 1. The molecule has 1 aliphatic heterocycles. The van der Waals surface area contributed by atoms with Crippen LogP contribution in [0.5, 0.6) is 11.5 Å². The highest BCUT2D eigenvalue weighted by atomic mass is 16.6. The van der Waals surface area contributed by atoms with Crippen LogP contribution in [0.4, 0.5) is 11.6 Å². The quantitative estimate of drug-likeness (QED) is 0.521. The van der Waals surface area contributed by atoms with Crippen LogP contribution < -0.4 is 14.4 Å². The highest BCUT2D eigenvalue weighted by molar-refractivity contribution is 5.78. The van der Waals surface area contributed by atoms with Crippen LogP contribution in [0.3, 0.4) is 0 Å². The molecule has 2 aromatic rings. The molecule has 0 radical (unpaired) electrons. The minimum Gasteiger partial charge on any atom is -0.493 e. The predicted octanol–water partition coefficient (Wildman–Crippen LogP) is 1.93. The number of hydrogen-bond donors (Lipinski definition) is 1. The van der Waals surface area contributed by atoms with Gasteiger partial charge in [-0.05, 0) is 47.7 Å². The van der Waals surface area contributed by atoms with Gasteiger partial charge in [0.15, 0.2) is 11.5 Å². The largest absolute Gasteiger partial charge is 0.493 e. The maximum Gasteiger partial charge on any atom is 0.453 e. The second-order valence-electron chi connectivity index (χ2n) is 7.74. The summed E-state index contributed by atoms with van der Waals surface area (Å²) in [5, 5.41) is 16.6. The van der Waals surface area contributed by atoms with E-state index < -0.39 is 10.9 Å². The molecule has 31 heavy (non-hydrogen) atoms. The SMILES string of the molecule is COc1ccc(N2CCN(C(=O)Cc3n[nH]c([N+](=O)[O-])n3)CC2)cc1OC1CCCC1. The van der Waals surface area contributed by atoms with E-state index in [1.54, 1.807) is 12.0 Å². The maximum absolute atomic E-state index is 12.5. The molecule has 0 unspecified atom stereocenters. The number of ether oxygens (including phenoxy) is 2. The first kappa shape index (κ1) is 20.9. The average Bonchev–Trinajstić information content (AvgIpc) is 3.46. The Bertz CT molecular complexity index is 934. The molecule has 1 saturated carbocycles. The summed E-state index contributed by atoms with van der Waals surface area (Å²) in [6.07, 6.45) is 4.72. The van der Waals surface area contributed by atoms with Gasteiger partial charge in [-0.2, -0.15) is 0 Å². The van der Waals surface area contributed by atoms with Crippen LogP contribution in [0, 0.1) is 10.1 Å². The van der Waals surface area contributed by atoms with E-state index in [0.717, 1.165) is 30.0 Å². The molecule has 11 heteroatoms. The summed E-state index contributed by atoms with van der Waals surface area (Å²) in [5.74, 6) is 1.01. The van der Waals surface area contributed by atoms with E-state index in [2.05, 4.69) is 20.1 Å². The summed E-state index contributed by atoms with van der Waals surface area (Å²) in [5.41, 5.74) is 1.03. The number of anilines is 1. The second-order valence-corrected chi connectivity index (χ2v) is 7.74. The van der Waals surface area contributed by atoms with E-state index in [0.29, 0.717) is 26.2 Å². The Hall–Kier alpha value is -3.37. The van der Waals surface area contributed by atoms with Gasteiger partial charge in [0, 0.05) is 37.9 Å². The third kappa shape index (κ3) is 4.86. The van der Waals surface area contributed by atoms with Gasteiger partial charge in [-0.3, -0.25) is 4.79 Å². The fourth-order valence-electron chi connectivity index (χ4n) is 4.05. The lowest BCUT2D eigenvalue weighted by molar-refractivity contribution is -0.394. The molecule has 1 aromatic heterocycles. The molecule has 0 atom stereocenters. The van der Waals surface area contributed by atoms with Crippen molar-refractivity contribution in [3.8, 4) is 11.5 Å². The molecule has 1 N–H and O–H groups in total. The molecule has 1 saturated heterocycles. The van der Waals surface area contributed by atoms with Crippen molar-refractivity contribution in [1.82, 2.24) is 20.1 Å². The Morgan fingerprint density at radius 1 is 1.23 bits per heavy atom. The van der Waals surface area contributed by atoms with Crippen molar-refractivity contribution >= 4 is 17.5 Å². The maximum atomic E-state index is 12.5. The average molecular weight is 430 g/mol. The molecule has 2 aliphatic rings. The molecule has 0 spiro atoms. The number of carbonyl (C=O) groups is 1. The number of piperazine rings is 1. The lowest BCUT2D eigenvalue weighted by atomic mass is 10.2. The molecule has 166 valence electrons. The van der Waals surface area contributed by atoms with E-state index in [9.17, 15) is 14.9 Å². The van der Waals surface area contributed by atoms with Crippen molar-refractivity contribution in [1.29, 1.82) is 0 Å². The van der Waals surface area contributed by atoms with Crippen molar-refractivity contribution in [3.63, 3.8) is 0 Å². The molecule has 1 amide bonds. The lowest BCUT2D eigenvalue weighted by Gasteiger charge is -2.36. The topological polar surface area (TPSA) is 127 Å². The summed E-state index contributed by atoms with van der Waals surface area (Å²) >= 11 is 0. The number of nitro groups is 1. The van der Waals surface area contributed by atoms with Crippen LogP contribution in [0.1, 0.15) is 31.5 Å². The zero-order chi connectivity index (χ0) is 21.8. The van der Waals surface area contributed by atoms with Gasteiger partial charge in [-0.15, -0.1) is 5.10 Å². The van der Waals surface area contributed by atoms with E-state index in [1.165, 1.54) is 12.8 Å². The van der Waals surface area contributed by atoms with Crippen LogP contribution in [0.15, 0.2) is 18.2 Å². The minimum atomic E-state index is -0.667. The number of amides is 1. The number of carbonyl (C=O) groups excluding carboxylic acids is 1. The Kier molecular flexibility index (Phi) is 6.19. The molecular weight excluding hydrogens is 404 g/mol. The molecule has 1 aliphatic carbocycles. The summed E-state index contributed by atoms with van der Waals surface area (Å²) in [7, 11) is 1.64. The van der Waals surface area contributed by atoms with Gasteiger partial charge in [-0.25, -0.2) is 0 Å². The van der Waals surface area contributed by atoms with E-state index in [4.69, 9.17) is 9.47 Å². The number of nitrogens with zero attached hydrogens (tertiary/aromatic N) is 5. The molecule has 2 heterocycles. The van der Waals surface area contributed by atoms with Crippen molar-refractivity contribution in [2.24, 2.45) is 0 Å². The van der Waals surface area contributed by atoms with Crippen LogP contribution in [0.2, 0.25) is 0 Å². The molecule has 1 aromatic carbocycles. The first-order valence-electron chi connectivity index (χ1n) is 10.5. The Morgan fingerprint density at radius 3 is 2.61 bits per heavy atom. The fraction of sp³-hybridized carbons (Fsp3) is 0.550. The summed E-state index contributed by atoms with van der Waals surface area (Å²) in [6, 6.07) is 5.94. The van der Waals surface area contributed by atoms with Gasteiger partial charge in [-0.1, -0.05) is 5.10 Å². The number of nitrogens with one attached hydrogen (secondary N) is 1. The zero-order valence-corrected chi connectivity index (χ0v) is 17.5. The van der Waals surface area contributed by atoms with Crippen LogP contribution in [-0.2, 0) is 11.2 Å². The molecule has 2 fully saturated rings. The van der Waals surface area contributed by atoms with E-state index in [-0.39, 0.29) is 24.3 Å². The minimum absolute atomic E-state index is 0.0632. The zero-order valence-electron chi connectivity index (χ0n) is 17.5.